The zero-order chi connectivity index (χ0) is 20.5. The van der Waals surface area contributed by atoms with E-state index >= 15 is 0 Å². The molecule has 1 amide bonds. The van der Waals surface area contributed by atoms with Crippen molar-refractivity contribution in [2.75, 3.05) is 18.8 Å². The number of likely N-dealkylation sites (tertiary alicyclic amines) is 1. The van der Waals surface area contributed by atoms with Gasteiger partial charge in [-0.05, 0) is 51.8 Å². The van der Waals surface area contributed by atoms with Gasteiger partial charge in [0.05, 0.1) is 28.6 Å². The lowest BCUT2D eigenvalue weighted by molar-refractivity contribution is -0.133. The first-order valence-electron chi connectivity index (χ1n) is 10.4. The number of aromatic nitrogens is 3. The van der Waals surface area contributed by atoms with E-state index in [2.05, 4.69) is 12.0 Å². The Kier molecular flexibility index (Phi) is 5.26. The van der Waals surface area contributed by atoms with Crippen LogP contribution in [0.25, 0.3) is 10.9 Å². The van der Waals surface area contributed by atoms with Gasteiger partial charge in [0.15, 0.2) is 0 Å². The van der Waals surface area contributed by atoms with Crippen LogP contribution in [0.3, 0.4) is 0 Å². The molecule has 1 aliphatic heterocycles. The minimum Gasteiger partial charge on any atom is -0.397 e. The van der Waals surface area contributed by atoms with E-state index in [4.69, 9.17) is 10.7 Å². The smallest absolute Gasteiger partial charge is 0.224 e. The maximum Gasteiger partial charge on any atom is 0.224 e. The number of anilines is 1. The standard InChI is InChI=1S/C23H29N5O/c1-15-11-16(2)28(26-15)17(3)12-22(29)27-10-6-8-19(14-27)23-20(24)13-18-7-4-5-9-21(18)25-23/h4-5,7,9,11,13,17,19H,6,8,10,12,14,24H2,1-3H3/t17-,19-/m1/s1. The predicted molar refractivity (Wildman–Crippen MR) is 116 cm³/mol. The number of hydrogen-bond donors (Lipinski definition) is 1. The van der Waals surface area contributed by atoms with Gasteiger partial charge in [-0.25, -0.2) is 0 Å². The van der Waals surface area contributed by atoms with Crippen molar-refractivity contribution < 1.29 is 4.79 Å². The molecule has 1 saturated heterocycles. The molecule has 1 aromatic carbocycles. The van der Waals surface area contributed by atoms with Crippen LogP contribution < -0.4 is 5.73 Å². The molecule has 2 aromatic heterocycles. The first kappa shape index (κ1) is 19.4. The third-order valence-corrected chi connectivity index (χ3v) is 5.88. The van der Waals surface area contributed by atoms with Gasteiger partial charge in [0, 0.05) is 36.5 Å². The summed E-state index contributed by atoms with van der Waals surface area (Å²) >= 11 is 0. The van der Waals surface area contributed by atoms with Crippen LogP contribution >= 0.6 is 0 Å². The van der Waals surface area contributed by atoms with Gasteiger partial charge in [0.2, 0.25) is 5.91 Å². The maximum absolute atomic E-state index is 13.0. The summed E-state index contributed by atoms with van der Waals surface area (Å²) in [6.45, 7) is 7.55. The van der Waals surface area contributed by atoms with E-state index in [1.807, 2.05) is 59.8 Å². The molecule has 2 N–H and O–H groups in total. The van der Waals surface area contributed by atoms with Gasteiger partial charge in [-0.3, -0.25) is 14.5 Å². The number of nitrogens with zero attached hydrogens (tertiary/aromatic N) is 4. The van der Waals surface area contributed by atoms with Gasteiger partial charge >= 0.3 is 0 Å². The van der Waals surface area contributed by atoms with Crippen molar-refractivity contribution in [2.24, 2.45) is 0 Å². The number of aryl methyl sites for hydroxylation is 2. The van der Waals surface area contributed by atoms with Crippen molar-refractivity contribution >= 4 is 22.5 Å². The first-order valence-corrected chi connectivity index (χ1v) is 10.4. The monoisotopic (exact) mass is 391 g/mol. The molecule has 1 aliphatic rings. The molecule has 3 heterocycles. The molecule has 6 heteroatoms. The Balaban J connectivity index is 1.49. The Labute approximate surface area is 171 Å². The second-order valence-electron chi connectivity index (χ2n) is 8.26. The number of carbonyl (C=O) groups is 1. The van der Waals surface area contributed by atoms with Crippen molar-refractivity contribution in [1.29, 1.82) is 0 Å². The highest BCUT2D eigenvalue weighted by molar-refractivity contribution is 5.82. The molecule has 152 valence electrons. The highest BCUT2D eigenvalue weighted by atomic mass is 16.2. The second-order valence-corrected chi connectivity index (χ2v) is 8.26. The van der Waals surface area contributed by atoms with Crippen LogP contribution in [-0.2, 0) is 4.79 Å². The summed E-state index contributed by atoms with van der Waals surface area (Å²) in [5.74, 6) is 0.357. The van der Waals surface area contributed by atoms with Crippen LogP contribution in [0.4, 0.5) is 5.69 Å². The largest absolute Gasteiger partial charge is 0.397 e. The molecule has 29 heavy (non-hydrogen) atoms. The molecule has 0 spiro atoms. The highest BCUT2D eigenvalue weighted by Crippen LogP contribution is 2.32. The van der Waals surface area contributed by atoms with Crippen LogP contribution in [-0.4, -0.2) is 38.7 Å². The number of nitrogens with two attached hydrogens (primary N) is 1. The molecule has 2 atom stereocenters. The van der Waals surface area contributed by atoms with Gasteiger partial charge < -0.3 is 10.6 Å². The van der Waals surface area contributed by atoms with E-state index < -0.39 is 0 Å². The summed E-state index contributed by atoms with van der Waals surface area (Å²) < 4.78 is 1.96. The molecule has 0 unspecified atom stereocenters. The van der Waals surface area contributed by atoms with Gasteiger partial charge in [-0.1, -0.05) is 18.2 Å². The minimum atomic E-state index is 0.0421. The SMILES string of the molecule is Cc1cc(C)n([C@H](C)CC(=O)N2CCC[C@@H](c3nc4ccccc4cc3N)C2)n1. The van der Waals surface area contributed by atoms with Crippen LogP contribution in [0, 0.1) is 13.8 Å². The fraction of sp³-hybridized carbons (Fsp3) is 0.435. The van der Waals surface area contributed by atoms with Crippen LogP contribution in [0.2, 0.25) is 0 Å². The molecule has 0 saturated carbocycles. The molecule has 0 bridgehead atoms. The van der Waals surface area contributed by atoms with E-state index in [1.165, 1.54) is 0 Å². The van der Waals surface area contributed by atoms with E-state index in [9.17, 15) is 4.79 Å². The van der Waals surface area contributed by atoms with Crippen molar-refractivity contribution in [1.82, 2.24) is 19.7 Å². The Morgan fingerprint density at radius 1 is 1.28 bits per heavy atom. The van der Waals surface area contributed by atoms with E-state index in [0.29, 0.717) is 13.0 Å². The van der Waals surface area contributed by atoms with E-state index in [1.54, 1.807) is 0 Å². The van der Waals surface area contributed by atoms with Gasteiger partial charge in [-0.2, -0.15) is 5.10 Å². The topological polar surface area (TPSA) is 77.0 Å². The average molecular weight is 392 g/mol. The zero-order valence-electron chi connectivity index (χ0n) is 17.4. The number of piperidine rings is 1. The lowest BCUT2D eigenvalue weighted by Crippen LogP contribution is -2.40. The summed E-state index contributed by atoms with van der Waals surface area (Å²) in [6.07, 6.45) is 2.43. The predicted octanol–water partition coefficient (Wildman–Crippen LogP) is 3.99. The van der Waals surface area contributed by atoms with E-state index in [-0.39, 0.29) is 17.9 Å². The molecule has 6 nitrogen and oxygen atoms in total. The van der Waals surface area contributed by atoms with Crippen molar-refractivity contribution in [2.45, 2.75) is 52.0 Å². The summed E-state index contributed by atoms with van der Waals surface area (Å²) in [4.78, 5) is 19.8. The summed E-state index contributed by atoms with van der Waals surface area (Å²) in [7, 11) is 0. The van der Waals surface area contributed by atoms with Crippen molar-refractivity contribution in [3.63, 3.8) is 0 Å². The number of amides is 1. The summed E-state index contributed by atoms with van der Waals surface area (Å²) in [5.41, 5.74) is 11.0. The van der Waals surface area contributed by atoms with Crippen LogP contribution in [0.1, 0.15) is 55.2 Å². The van der Waals surface area contributed by atoms with Crippen LogP contribution in [0.5, 0.6) is 0 Å². The number of pyridine rings is 1. The second kappa shape index (κ2) is 7.85. The Hall–Kier alpha value is -2.89. The molecule has 0 radical (unpaired) electrons. The number of para-hydroxylation sites is 1. The molecule has 1 fully saturated rings. The Morgan fingerprint density at radius 2 is 2.07 bits per heavy atom. The number of rotatable bonds is 4. The number of hydrogen-bond acceptors (Lipinski definition) is 4. The Bertz CT molecular complexity index is 1040. The summed E-state index contributed by atoms with van der Waals surface area (Å²) in [5, 5.41) is 5.58. The molecule has 3 aromatic rings. The Morgan fingerprint density at radius 3 is 2.83 bits per heavy atom. The third kappa shape index (κ3) is 3.97. The lowest BCUT2D eigenvalue weighted by Gasteiger charge is -2.33. The molecular weight excluding hydrogens is 362 g/mol. The van der Waals surface area contributed by atoms with E-state index in [0.717, 1.165) is 53.1 Å². The van der Waals surface area contributed by atoms with Gasteiger partial charge in [-0.15, -0.1) is 0 Å². The number of nitrogen functional groups attached to an aromatic ring is 1. The quantitative estimate of drug-likeness (QED) is 0.729. The van der Waals surface area contributed by atoms with Gasteiger partial charge in [0.25, 0.3) is 0 Å². The minimum absolute atomic E-state index is 0.0421. The third-order valence-electron chi connectivity index (χ3n) is 5.88. The molecular formula is C23H29N5O. The number of fused-ring (bicyclic) bond motifs is 1. The molecule has 0 aliphatic carbocycles. The zero-order valence-corrected chi connectivity index (χ0v) is 17.4. The van der Waals surface area contributed by atoms with Crippen molar-refractivity contribution in [3.05, 3.63) is 53.5 Å². The maximum atomic E-state index is 13.0. The number of benzene rings is 1. The molecule has 4 rings (SSSR count). The lowest BCUT2D eigenvalue weighted by atomic mass is 9.92. The average Bonchev–Trinajstić information content (AvgIpc) is 3.05. The number of carbonyl (C=O) groups excluding carboxylic acids is 1. The van der Waals surface area contributed by atoms with Crippen LogP contribution in [0.15, 0.2) is 36.4 Å². The first-order chi connectivity index (χ1) is 13.9. The fourth-order valence-electron chi connectivity index (χ4n) is 4.46. The fourth-order valence-corrected chi connectivity index (χ4v) is 4.46. The normalized spacial score (nSPS) is 18.2. The van der Waals surface area contributed by atoms with Crippen molar-refractivity contribution in [3.8, 4) is 0 Å². The summed E-state index contributed by atoms with van der Waals surface area (Å²) in [6, 6.07) is 12.1. The van der Waals surface area contributed by atoms with Gasteiger partial charge in [0.1, 0.15) is 0 Å². The highest BCUT2D eigenvalue weighted by Gasteiger charge is 2.28.